The highest BCUT2D eigenvalue weighted by molar-refractivity contribution is 6.23. The van der Waals surface area contributed by atoms with Crippen LogP contribution in [0.15, 0.2) is 0 Å². The van der Waals surface area contributed by atoms with E-state index in [1.807, 2.05) is 0 Å². The van der Waals surface area contributed by atoms with Gasteiger partial charge in [0.1, 0.15) is 0 Å². The number of rotatable bonds is 1. The standard InChI is InChI=1S/C7H10ClF3/c1-4(2)6(3-5(6)8)7(9,10)11/h4-5H,3H2,1-2H3. The number of halogens is 4. The maximum atomic E-state index is 12.3. The lowest BCUT2D eigenvalue weighted by Crippen LogP contribution is -2.31. The molecule has 0 amide bonds. The minimum Gasteiger partial charge on any atom is -0.170 e. The summed E-state index contributed by atoms with van der Waals surface area (Å²) in [4.78, 5) is 0. The third-order valence-corrected chi connectivity index (χ3v) is 3.02. The van der Waals surface area contributed by atoms with Crippen molar-refractivity contribution in [3.63, 3.8) is 0 Å². The fourth-order valence-corrected chi connectivity index (χ4v) is 2.09. The molecule has 0 heterocycles. The lowest BCUT2D eigenvalue weighted by atomic mass is 9.92. The van der Waals surface area contributed by atoms with Crippen LogP contribution in [0.3, 0.4) is 0 Å². The Morgan fingerprint density at radius 3 is 1.82 bits per heavy atom. The maximum Gasteiger partial charge on any atom is 0.396 e. The summed E-state index contributed by atoms with van der Waals surface area (Å²) in [5.41, 5.74) is -1.59. The van der Waals surface area contributed by atoms with Gasteiger partial charge in [0.25, 0.3) is 0 Å². The summed E-state index contributed by atoms with van der Waals surface area (Å²) in [5.74, 6) is -0.412. The van der Waals surface area contributed by atoms with E-state index in [-0.39, 0.29) is 6.42 Å². The van der Waals surface area contributed by atoms with Gasteiger partial charge < -0.3 is 0 Å². The molecule has 2 atom stereocenters. The third-order valence-electron chi connectivity index (χ3n) is 2.47. The van der Waals surface area contributed by atoms with Crippen molar-refractivity contribution in [2.75, 3.05) is 0 Å². The fraction of sp³-hybridized carbons (Fsp3) is 1.00. The topological polar surface area (TPSA) is 0 Å². The van der Waals surface area contributed by atoms with Crippen LogP contribution in [0.4, 0.5) is 13.2 Å². The average Bonchev–Trinajstić information content (AvgIpc) is 2.39. The van der Waals surface area contributed by atoms with Crippen LogP contribution in [0.1, 0.15) is 20.3 Å². The molecule has 0 spiro atoms. The SMILES string of the molecule is CC(C)C1(C(F)(F)F)CC1Cl. The molecule has 4 heteroatoms. The first-order valence-corrected chi connectivity index (χ1v) is 3.97. The zero-order valence-electron chi connectivity index (χ0n) is 6.37. The Balaban J connectivity index is 2.80. The minimum atomic E-state index is -4.13. The Labute approximate surface area is 68.7 Å². The van der Waals surface area contributed by atoms with Gasteiger partial charge in [0.2, 0.25) is 0 Å². The van der Waals surface area contributed by atoms with E-state index in [9.17, 15) is 13.2 Å². The molecule has 1 aliphatic carbocycles. The highest BCUT2D eigenvalue weighted by atomic mass is 35.5. The van der Waals surface area contributed by atoms with Crippen LogP contribution in [0.5, 0.6) is 0 Å². The van der Waals surface area contributed by atoms with Crippen LogP contribution in [-0.2, 0) is 0 Å². The van der Waals surface area contributed by atoms with E-state index >= 15 is 0 Å². The van der Waals surface area contributed by atoms with E-state index < -0.39 is 22.9 Å². The first-order chi connectivity index (χ1) is 4.82. The second-order valence-electron chi connectivity index (χ2n) is 3.36. The van der Waals surface area contributed by atoms with Gasteiger partial charge >= 0.3 is 6.18 Å². The van der Waals surface area contributed by atoms with E-state index in [2.05, 4.69) is 0 Å². The van der Waals surface area contributed by atoms with Crippen LogP contribution in [-0.4, -0.2) is 11.6 Å². The summed E-state index contributed by atoms with van der Waals surface area (Å²) in [6, 6.07) is 0. The molecule has 0 aromatic rings. The summed E-state index contributed by atoms with van der Waals surface area (Å²) in [5, 5.41) is -0.706. The molecule has 1 saturated carbocycles. The van der Waals surface area contributed by atoms with E-state index in [1.165, 1.54) is 0 Å². The van der Waals surface area contributed by atoms with Crippen LogP contribution in [0.2, 0.25) is 0 Å². The van der Waals surface area contributed by atoms with Crippen molar-refractivity contribution < 1.29 is 13.2 Å². The molecule has 1 aliphatic rings. The predicted octanol–water partition coefficient (Wildman–Crippen LogP) is 3.20. The molecule has 66 valence electrons. The van der Waals surface area contributed by atoms with Gasteiger partial charge in [-0.25, -0.2) is 0 Å². The predicted molar refractivity (Wildman–Crippen MR) is 37.6 cm³/mol. The van der Waals surface area contributed by atoms with Crippen molar-refractivity contribution in [1.82, 2.24) is 0 Å². The molecule has 11 heavy (non-hydrogen) atoms. The number of alkyl halides is 4. The molecule has 1 fully saturated rings. The second-order valence-corrected chi connectivity index (χ2v) is 3.89. The van der Waals surface area contributed by atoms with Crippen LogP contribution < -0.4 is 0 Å². The first kappa shape index (κ1) is 9.17. The van der Waals surface area contributed by atoms with Gasteiger partial charge in [0.05, 0.1) is 5.41 Å². The lowest BCUT2D eigenvalue weighted by molar-refractivity contribution is -0.198. The van der Waals surface area contributed by atoms with Crippen molar-refractivity contribution in [2.24, 2.45) is 11.3 Å². The van der Waals surface area contributed by atoms with Crippen molar-refractivity contribution in [3.8, 4) is 0 Å². The molecule has 0 N–H and O–H groups in total. The summed E-state index contributed by atoms with van der Waals surface area (Å²) in [6.45, 7) is 3.13. The van der Waals surface area contributed by atoms with Gasteiger partial charge in [-0.1, -0.05) is 13.8 Å². The average molecular weight is 187 g/mol. The normalized spacial score (nSPS) is 37.9. The largest absolute Gasteiger partial charge is 0.396 e. The zero-order valence-corrected chi connectivity index (χ0v) is 7.13. The van der Waals surface area contributed by atoms with E-state index in [4.69, 9.17) is 11.6 Å². The Morgan fingerprint density at radius 1 is 1.45 bits per heavy atom. The quantitative estimate of drug-likeness (QED) is 0.552. The molecular formula is C7H10ClF3. The molecule has 1 rings (SSSR count). The highest BCUT2D eigenvalue weighted by Crippen LogP contribution is 2.64. The van der Waals surface area contributed by atoms with Gasteiger partial charge in [-0.2, -0.15) is 13.2 Å². The van der Waals surface area contributed by atoms with Crippen molar-refractivity contribution in [2.45, 2.75) is 31.8 Å². The molecule has 0 aliphatic heterocycles. The first-order valence-electron chi connectivity index (χ1n) is 3.53. The lowest BCUT2D eigenvalue weighted by Gasteiger charge is -2.23. The van der Waals surface area contributed by atoms with Crippen LogP contribution in [0, 0.1) is 11.3 Å². The number of hydrogen-bond donors (Lipinski definition) is 0. The molecule has 0 aromatic carbocycles. The van der Waals surface area contributed by atoms with Crippen LogP contribution >= 0.6 is 11.6 Å². The van der Waals surface area contributed by atoms with E-state index in [1.54, 1.807) is 13.8 Å². The minimum absolute atomic E-state index is 0.0791. The smallest absolute Gasteiger partial charge is 0.170 e. The van der Waals surface area contributed by atoms with Crippen molar-refractivity contribution in [3.05, 3.63) is 0 Å². The molecular weight excluding hydrogens is 177 g/mol. The van der Waals surface area contributed by atoms with E-state index in [0.717, 1.165) is 0 Å². The Bertz CT molecular complexity index is 164. The number of hydrogen-bond acceptors (Lipinski definition) is 0. The van der Waals surface area contributed by atoms with Crippen molar-refractivity contribution in [1.29, 1.82) is 0 Å². The third kappa shape index (κ3) is 1.13. The molecule has 2 unspecified atom stereocenters. The summed E-state index contributed by atoms with van der Waals surface area (Å²) >= 11 is 5.47. The summed E-state index contributed by atoms with van der Waals surface area (Å²) in [7, 11) is 0. The molecule has 0 radical (unpaired) electrons. The molecule has 0 bridgehead atoms. The Hall–Kier alpha value is 0.0800. The van der Waals surface area contributed by atoms with Gasteiger partial charge in [-0.05, 0) is 12.3 Å². The van der Waals surface area contributed by atoms with Crippen molar-refractivity contribution >= 4 is 11.6 Å². The Kier molecular flexibility index (Phi) is 1.90. The molecule has 0 saturated heterocycles. The fourth-order valence-electron chi connectivity index (χ4n) is 1.46. The van der Waals surface area contributed by atoms with Gasteiger partial charge in [-0.3, -0.25) is 0 Å². The van der Waals surface area contributed by atoms with E-state index in [0.29, 0.717) is 0 Å². The molecule has 0 nitrogen and oxygen atoms in total. The Morgan fingerprint density at radius 2 is 1.82 bits per heavy atom. The van der Waals surface area contributed by atoms with Crippen LogP contribution in [0.25, 0.3) is 0 Å². The summed E-state index contributed by atoms with van der Waals surface area (Å²) < 4.78 is 36.9. The highest BCUT2D eigenvalue weighted by Gasteiger charge is 2.71. The molecule has 0 aromatic heterocycles. The van der Waals surface area contributed by atoms with Gasteiger partial charge in [0, 0.05) is 5.38 Å². The maximum absolute atomic E-state index is 12.3. The van der Waals surface area contributed by atoms with Gasteiger partial charge in [0.15, 0.2) is 0 Å². The summed E-state index contributed by atoms with van der Waals surface area (Å²) in [6.07, 6.45) is -4.05. The van der Waals surface area contributed by atoms with Gasteiger partial charge in [-0.15, -0.1) is 11.6 Å². The zero-order chi connectivity index (χ0) is 8.86. The monoisotopic (exact) mass is 186 g/mol. The second kappa shape index (κ2) is 2.28.